The van der Waals surface area contributed by atoms with Gasteiger partial charge in [0.25, 0.3) is 0 Å². The van der Waals surface area contributed by atoms with Gasteiger partial charge in [-0.25, -0.2) is 4.39 Å². The zero-order valence-electron chi connectivity index (χ0n) is 10.7. The van der Waals surface area contributed by atoms with Gasteiger partial charge in [0, 0.05) is 31.1 Å². The van der Waals surface area contributed by atoms with Gasteiger partial charge >= 0.3 is 0 Å². The van der Waals surface area contributed by atoms with E-state index < -0.39 is 0 Å². The number of fused-ring (bicyclic) bond motifs is 2. The number of hydrogen-bond acceptors (Lipinski definition) is 3. The first-order chi connectivity index (χ1) is 9.28. The van der Waals surface area contributed by atoms with E-state index in [4.69, 9.17) is 4.74 Å². The van der Waals surface area contributed by atoms with Crippen LogP contribution in [0.25, 0.3) is 0 Å². The lowest BCUT2D eigenvalue weighted by Gasteiger charge is -2.15. The van der Waals surface area contributed by atoms with E-state index in [-0.39, 0.29) is 11.7 Å². The first-order valence-electron chi connectivity index (χ1n) is 6.33. The van der Waals surface area contributed by atoms with E-state index in [0.717, 1.165) is 24.2 Å². The summed E-state index contributed by atoms with van der Waals surface area (Å²) in [6.45, 7) is 0.804. The summed E-state index contributed by atoms with van der Waals surface area (Å²) in [7, 11) is 1.91. The summed E-state index contributed by atoms with van der Waals surface area (Å²) in [5.41, 5.74) is 1.94. The fourth-order valence-electron chi connectivity index (χ4n) is 2.49. The molecule has 3 rings (SSSR count). The maximum absolute atomic E-state index is 13.4. The lowest BCUT2D eigenvalue weighted by molar-refractivity contribution is 0.469. The number of nitrogens with zero attached hydrogens (tertiary/aromatic N) is 1. The molecular weight excluding hydrogens is 243 g/mol. The van der Waals surface area contributed by atoms with Crippen LogP contribution in [0.15, 0.2) is 36.5 Å². The standard InChI is InChI=1S/C15H15FN2O/c1-17-9-10-7-13-14(3-2-6-18-13)19-15-8-11(16)4-5-12(10)15/h2-6,8,10,17H,7,9H2,1H3/t10-/m0/s1. The van der Waals surface area contributed by atoms with Crippen LogP contribution in [-0.4, -0.2) is 18.6 Å². The topological polar surface area (TPSA) is 34.2 Å². The van der Waals surface area contributed by atoms with E-state index in [9.17, 15) is 4.39 Å². The summed E-state index contributed by atoms with van der Waals surface area (Å²) >= 11 is 0. The minimum atomic E-state index is -0.283. The van der Waals surface area contributed by atoms with E-state index in [0.29, 0.717) is 11.5 Å². The molecule has 19 heavy (non-hydrogen) atoms. The van der Waals surface area contributed by atoms with E-state index in [1.807, 2.05) is 19.2 Å². The average molecular weight is 258 g/mol. The third kappa shape index (κ3) is 2.31. The van der Waals surface area contributed by atoms with Gasteiger partial charge in [-0.05, 0) is 30.8 Å². The molecule has 0 saturated heterocycles. The van der Waals surface area contributed by atoms with Crippen LogP contribution in [0.2, 0.25) is 0 Å². The fraction of sp³-hybridized carbons (Fsp3) is 0.267. The van der Waals surface area contributed by atoms with Crippen LogP contribution < -0.4 is 10.1 Å². The Bertz CT molecular complexity index is 600. The molecule has 98 valence electrons. The second-order valence-corrected chi connectivity index (χ2v) is 4.69. The normalized spacial score (nSPS) is 17.1. The van der Waals surface area contributed by atoms with Crippen molar-refractivity contribution in [1.82, 2.24) is 10.3 Å². The second kappa shape index (κ2) is 4.97. The Balaban J connectivity index is 2.10. The van der Waals surface area contributed by atoms with Gasteiger partial charge in [0.05, 0.1) is 5.69 Å². The predicted molar refractivity (Wildman–Crippen MR) is 71.1 cm³/mol. The number of aromatic nitrogens is 1. The molecule has 1 aliphatic rings. The third-order valence-electron chi connectivity index (χ3n) is 3.37. The van der Waals surface area contributed by atoms with Gasteiger partial charge < -0.3 is 10.1 Å². The Morgan fingerprint density at radius 3 is 3.11 bits per heavy atom. The van der Waals surface area contributed by atoms with Crippen molar-refractivity contribution in [3.8, 4) is 11.5 Å². The van der Waals surface area contributed by atoms with Crippen molar-refractivity contribution in [3.05, 3.63) is 53.6 Å². The number of hydrogen-bond donors (Lipinski definition) is 1. The molecule has 2 aromatic rings. The molecule has 2 heterocycles. The Hall–Kier alpha value is -1.94. The van der Waals surface area contributed by atoms with Crippen LogP contribution in [0.3, 0.4) is 0 Å². The predicted octanol–water partition coefficient (Wildman–Crippen LogP) is 2.87. The van der Waals surface area contributed by atoms with Crippen molar-refractivity contribution >= 4 is 0 Å². The number of rotatable bonds is 2. The maximum Gasteiger partial charge on any atom is 0.148 e. The molecule has 0 bridgehead atoms. The van der Waals surface area contributed by atoms with Crippen LogP contribution in [0.1, 0.15) is 17.2 Å². The highest BCUT2D eigenvalue weighted by molar-refractivity contribution is 5.45. The first kappa shape index (κ1) is 12.1. The maximum atomic E-state index is 13.4. The number of likely N-dealkylation sites (N-methyl/N-ethyl adjacent to an activating group) is 1. The number of nitrogens with one attached hydrogen (secondary N) is 1. The van der Waals surface area contributed by atoms with Crippen LogP contribution >= 0.6 is 0 Å². The summed E-state index contributed by atoms with van der Waals surface area (Å²) in [5, 5.41) is 3.17. The van der Waals surface area contributed by atoms with Crippen molar-refractivity contribution < 1.29 is 9.13 Å². The Morgan fingerprint density at radius 2 is 2.26 bits per heavy atom. The molecule has 1 aromatic heterocycles. The average Bonchev–Trinajstić information content (AvgIpc) is 2.55. The zero-order chi connectivity index (χ0) is 13.2. The summed E-state index contributed by atoms with van der Waals surface area (Å²) in [6.07, 6.45) is 2.55. The third-order valence-corrected chi connectivity index (χ3v) is 3.37. The van der Waals surface area contributed by atoms with E-state index in [2.05, 4.69) is 10.3 Å². The first-order valence-corrected chi connectivity index (χ1v) is 6.33. The summed E-state index contributed by atoms with van der Waals surface area (Å²) in [5.74, 6) is 1.26. The van der Waals surface area contributed by atoms with Gasteiger partial charge in [0.1, 0.15) is 17.3 Å². The quantitative estimate of drug-likeness (QED) is 0.899. The number of pyridine rings is 1. The largest absolute Gasteiger partial charge is 0.455 e. The van der Waals surface area contributed by atoms with Crippen molar-refractivity contribution in [2.75, 3.05) is 13.6 Å². The number of ether oxygens (including phenoxy) is 1. The van der Waals surface area contributed by atoms with E-state index >= 15 is 0 Å². The van der Waals surface area contributed by atoms with Crippen molar-refractivity contribution in [3.63, 3.8) is 0 Å². The molecule has 1 atom stereocenters. The van der Waals surface area contributed by atoms with E-state index in [1.54, 1.807) is 12.3 Å². The van der Waals surface area contributed by atoms with Gasteiger partial charge in [-0.15, -0.1) is 0 Å². The molecule has 1 aliphatic heterocycles. The molecule has 1 N–H and O–H groups in total. The lowest BCUT2D eigenvalue weighted by Crippen LogP contribution is -2.19. The molecule has 3 nitrogen and oxygen atoms in total. The highest BCUT2D eigenvalue weighted by Crippen LogP contribution is 2.38. The molecule has 0 fully saturated rings. The monoisotopic (exact) mass is 258 g/mol. The van der Waals surface area contributed by atoms with Crippen LogP contribution in [0, 0.1) is 5.82 Å². The van der Waals surface area contributed by atoms with Crippen LogP contribution in [0.5, 0.6) is 11.5 Å². The van der Waals surface area contributed by atoms with E-state index in [1.165, 1.54) is 12.1 Å². The molecule has 0 saturated carbocycles. The molecule has 0 aliphatic carbocycles. The highest BCUT2D eigenvalue weighted by Gasteiger charge is 2.24. The number of benzene rings is 1. The lowest BCUT2D eigenvalue weighted by atomic mass is 9.93. The summed E-state index contributed by atoms with van der Waals surface area (Å²) in [4.78, 5) is 4.37. The second-order valence-electron chi connectivity index (χ2n) is 4.69. The van der Waals surface area contributed by atoms with Crippen molar-refractivity contribution in [2.24, 2.45) is 0 Å². The molecule has 0 radical (unpaired) electrons. The van der Waals surface area contributed by atoms with Gasteiger partial charge in [0.2, 0.25) is 0 Å². The summed E-state index contributed by atoms with van der Waals surface area (Å²) < 4.78 is 19.2. The minimum Gasteiger partial charge on any atom is -0.455 e. The molecule has 4 heteroatoms. The molecule has 0 unspecified atom stereocenters. The molecule has 1 aromatic carbocycles. The fourth-order valence-corrected chi connectivity index (χ4v) is 2.49. The number of halogens is 1. The molecule has 0 spiro atoms. The van der Waals surface area contributed by atoms with Gasteiger partial charge in [-0.2, -0.15) is 0 Å². The highest BCUT2D eigenvalue weighted by atomic mass is 19.1. The molecular formula is C15H15FN2O. The Kier molecular flexibility index (Phi) is 3.17. The van der Waals surface area contributed by atoms with Gasteiger partial charge in [-0.3, -0.25) is 4.98 Å². The SMILES string of the molecule is CNC[C@@H]1Cc2ncccc2Oc2cc(F)ccc21. The molecule has 0 amide bonds. The minimum absolute atomic E-state index is 0.233. The Morgan fingerprint density at radius 1 is 1.37 bits per heavy atom. The smallest absolute Gasteiger partial charge is 0.148 e. The van der Waals surface area contributed by atoms with Crippen molar-refractivity contribution in [2.45, 2.75) is 12.3 Å². The van der Waals surface area contributed by atoms with Gasteiger partial charge in [0.15, 0.2) is 0 Å². The van der Waals surface area contributed by atoms with Crippen LogP contribution in [0.4, 0.5) is 4.39 Å². The zero-order valence-corrected chi connectivity index (χ0v) is 10.7. The Labute approximate surface area is 111 Å². The van der Waals surface area contributed by atoms with Crippen molar-refractivity contribution in [1.29, 1.82) is 0 Å². The van der Waals surface area contributed by atoms with Gasteiger partial charge in [-0.1, -0.05) is 6.07 Å². The summed E-state index contributed by atoms with van der Waals surface area (Å²) in [6, 6.07) is 8.43. The van der Waals surface area contributed by atoms with Crippen LogP contribution in [-0.2, 0) is 6.42 Å².